The maximum atomic E-state index is 11.4. The molecule has 0 amide bonds. The SMILES string of the molecule is CCCCC=CC=CC=CCCCCCC1OC1C(=O)OCC. The van der Waals surface area contributed by atoms with Gasteiger partial charge < -0.3 is 9.47 Å². The molecule has 0 spiro atoms. The van der Waals surface area contributed by atoms with Crippen LogP contribution in [0.15, 0.2) is 36.5 Å². The molecule has 3 nitrogen and oxygen atoms in total. The molecule has 0 saturated carbocycles. The molecule has 23 heavy (non-hydrogen) atoms. The molecule has 1 aliphatic rings. The number of carbonyl (C=O) groups excluding carboxylic acids is 1. The molecule has 1 aliphatic heterocycles. The van der Waals surface area contributed by atoms with Gasteiger partial charge in [0.25, 0.3) is 0 Å². The van der Waals surface area contributed by atoms with Gasteiger partial charge >= 0.3 is 5.97 Å². The van der Waals surface area contributed by atoms with Gasteiger partial charge in [-0.3, -0.25) is 0 Å². The molecule has 0 aliphatic carbocycles. The normalized spacial score (nSPS) is 20.8. The molecule has 1 rings (SSSR count). The second kappa shape index (κ2) is 13.1. The van der Waals surface area contributed by atoms with Crippen molar-refractivity contribution in [3.8, 4) is 0 Å². The Morgan fingerprint density at radius 3 is 2.30 bits per heavy atom. The molecule has 130 valence electrons. The van der Waals surface area contributed by atoms with Crippen molar-refractivity contribution in [2.45, 2.75) is 77.4 Å². The number of esters is 1. The molecule has 0 bridgehead atoms. The lowest BCUT2D eigenvalue weighted by atomic mass is 10.1. The fourth-order valence-corrected chi connectivity index (χ4v) is 2.38. The van der Waals surface area contributed by atoms with Crippen LogP contribution < -0.4 is 0 Å². The summed E-state index contributed by atoms with van der Waals surface area (Å²) in [6.45, 7) is 4.46. The highest BCUT2D eigenvalue weighted by molar-refractivity contribution is 5.77. The minimum absolute atomic E-state index is 0.104. The number of carbonyl (C=O) groups is 1. The molecule has 3 heteroatoms. The Bertz CT molecular complexity index is 396. The highest BCUT2D eigenvalue weighted by Crippen LogP contribution is 2.28. The van der Waals surface area contributed by atoms with E-state index in [9.17, 15) is 4.79 Å². The maximum Gasteiger partial charge on any atom is 0.337 e. The van der Waals surface area contributed by atoms with Crippen LogP contribution in [0.1, 0.15) is 65.2 Å². The Balaban J connectivity index is 1.90. The van der Waals surface area contributed by atoms with Crippen molar-refractivity contribution >= 4 is 5.97 Å². The monoisotopic (exact) mass is 320 g/mol. The first-order valence-electron chi connectivity index (χ1n) is 9.10. The molecule has 2 atom stereocenters. The average Bonchev–Trinajstić information content (AvgIpc) is 3.32. The minimum atomic E-state index is -0.287. The van der Waals surface area contributed by atoms with Crippen LogP contribution in [-0.2, 0) is 14.3 Å². The van der Waals surface area contributed by atoms with Gasteiger partial charge in [0.1, 0.15) is 0 Å². The van der Waals surface area contributed by atoms with Gasteiger partial charge in [0.2, 0.25) is 0 Å². The number of hydrogen-bond acceptors (Lipinski definition) is 3. The van der Waals surface area contributed by atoms with E-state index >= 15 is 0 Å². The predicted octanol–water partition coefficient (Wildman–Crippen LogP) is 5.13. The minimum Gasteiger partial charge on any atom is -0.464 e. The number of unbranched alkanes of at least 4 members (excludes halogenated alkanes) is 5. The highest BCUT2D eigenvalue weighted by atomic mass is 16.6. The summed E-state index contributed by atoms with van der Waals surface area (Å²) in [5.74, 6) is -0.198. The van der Waals surface area contributed by atoms with Crippen molar-refractivity contribution in [1.82, 2.24) is 0 Å². The van der Waals surface area contributed by atoms with Crippen molar-refractivity contribution in [3.63, 3.8) is 0 Å². The van der Waals surface area contributed by atoms with Crippen LogP contribution >= 0.6 is 0 Å². The van der Waals surface area contributed by atoms with Gasteiger partial charge in [0, 0.05) is 0 Å². The van der Waals surface area contributed by atoms with Crippen molar-refractivity contribution in [3.05, 3.63) is 36.5 Å². The fraction of sp³-hybridized carbons (Fsp3) is 0.650. The highest BCUT2D eigenvalue weighted by Gasteiger charge is 2.45. The largest absolute Gasteiger partial charge is 0.464 e. The Morgan fingerprint density at radius 1 is 0.957 bits per heavy atom. The third-order valence-electron chi connectivity index (χ3n) is 3.79. The first-order chi connectivity index (χ1) is 11.3. The summed E-state index contributed by atoms with van der Waals surface area (Å²) in [5, 5.41) is 0. The first kappa shape index (κ1) is 19.7. The van der Waals surface area contributed by atoms with Crippen LogP contribution in [-0.4, -0.2) is 24.8 Å². The lowest BCUT2D eigenvalue weighted by Gasteiger charge is -1.98. The van der Waals surface area contributed by atoms with Crippen molar-refractivity contribution in [2.24, 2.45) is 0 Å². The van der Waals surface area contributed by atoms with E-state index in [0.29, 0.717) is 6.61 Å². The van der Waals surface area contributed by atoms with E-state index in [1.54, 1.807) is 0 Å². The van der Waals surface area contributed by atoms with E-state index in [1.807, 2.05) is 6.92 Å². The maximum absolute atomic E-state index is 11.4. The Kier molecular flexibility index (Phi) is 11.2. The Labute approximate surface area is 141 Å². The smallest absolute Gasteiger partial charge is 0.337 e. The van der Waals surface area contributed by atoms with E-state index in [4.69, 9.17) is 9.47 Å². The second-order valence-corrected chi connectivity index (χ2v) is 5.87. The van der Waals surface area contributed by atoms with E-state index in [1.165, 1.54) is 32.1 Å². The van der Waals surface area contributed by atoms with E-state index in [0.717, 1.165) is 19.3 Å². The lowest BCUT2D eigenvalue weighted by Crippen LogP contribution is -2.13. The van der Waals surface area contributed by atoms with Crippen molar-refractivity contribution < 1.29 is 14.3 Å². The van der Waals surface area contributed by atoms with E-state index < -0.39 is 0 Å². The number of epoxide rings is 1. The predicted molar refractivity (Wildman–Crippen MR) is 95.3 cm³/mol. The summed E-state index contributed by atoms with van der Waals surface area (Å²) in [6, 6.07) is 0. The molecule has 0 aromatic rings. The third kappa shape index (κ3) is 10.1. The Morgan fingerprint density at radius 2 is 1.65 bits per heavy atom. The van der Waals surface area contributed by atoms with Crippen LogP contribution in [0.5, 0.6) is 0 Å². The summed E-state index contributed by atoms with van der Waals surface area (Å²) >= 11 is 0. The lowest BCUT2D eigenvalue weighted by molar-refractivity contribution is -0.144. The van der Waals surface area contributed by atoms with Gasteiger partial charge in [-0.15, -0.1) is 0 Å². The third-order valence-corrected chi connectivity index (χ3v) is 3.79. The van der Waals surface area contributed by atoms with Crippen LogP contribution in [0, 0.1) is 0 Å². The average molecular weight is 320 g/mol. The van der Waals surface area contributed by atoms with E-state index in [2.05, 4.69) is 43.4 Å². The fourth-order valence-electron chi connectivity index (χ4n) is 2.38. The summed E-state index contributed by atoms with van der Waals surface area (Å²) in [4.78, 5) is 11.4. The van der Waals surface area contributed by atoms with Crippen LogP contribution in [0.2, 0.25) is 0 Å². The number of ether oxygens (including phenoxy) is 2. The summed E-state index contributed by atoms with van der Waals surface area (Å²) < 4.78 is 10.3. The number of hydrogen-bond donors (Lipinski definition) is 0. The molecule has 0 aromatic carbocycles. The van der Waals surface area contributed by atoms with Crippen LogP contribution in [0.25, 0.3) is 0 Å². The summed E-state index contributed by atoms with van der Waals surface area (Å²) in [7, 11) is 0. The standard InChI is InChI=1S/C20H32O3/c1-3-5-6-7-8-9-10-11-12-13-14-15-16-17-18-19(23-18)20(21)22-4-2/h7-12,18-19H,3-6,13-17H2,1-2H3. The molecule has 2 unspecified atom stereocenters. The molecular formula is C20H32O3. The van der Waals surface area contributed by atoms with Gasteiger partial charge in [-0.2, -0.15) is 0 Å². The zero-order valence-corrected chi connectivity index (χ0v) is 14.7. The molecule has 0 N–H and O–H groups in total. The molecule has 0 aromatic heterocycles. The topological polar surface area (TPSA) is 38.8 Å². The zero-order chi connectivity index (χ0) is 16.8. The van der Waals surface area contributed by atoms with E-state index in [-0.39, 0.29) is 18.2 Å². The second-order valence-electron chi connectivity index (χ2n) is 5.87. The molecule has 1 fully saturated rings. The van der Waals surface area contributed by atoms with Gasteiger partial charge in [-0.25, -0.2) is 4.79 Å². The van der Waals surface area contributed by atoms with Gasteiger partial charge in [-0.05, 0) is 32.6 Å². The zero-order valence-electron chi connectivity index (χ0n) is 14.7. The molecular weight excluding hydrogens is 288 g/mol. The van der Waals surface area contributed by atoms with Crippen LogP contribution in [0.4, 0.5) is 0 Å². The van der Waals surface area contributed by atoms with Gasteiger partial charge in [-0.1, -0.05) is 69.1 Å². The summed E-state index contributed by atoms with van der Waals surface area (Å²) in [6.07, 6.45) is 21.9. The molecule has 1 heterocycles. The van der Waals surface area contributed by atoms with Crippen molar-refractivity contribution in [2.75, 3.05) is 6.61 Å². The molecule has 1 saturated heterocycles. The van der Waals surface area contributed by atoms with Gasteiger partial charge in [0.05, 0.1) is 12.7 Å². The van der Waals surface area contributed by atoms with Gasteiger partial charge in [0.15, 0.2) is 6.10 Å². The molecule has 0 radical (unpaired) electrons. The quantitative estimate of drug-likeness (QED) is 0.204. The van der Waals surface area contributed by atoms with Crippen LogP contribution in [0.3, 0.4) is 0 Å². The van der Waals surface area contributed by atoms with Crippen molar-refractivity contribution in [1.29, 1.82) is 0 Å². The first-order valence-corrected chi connectivity index (χ1v) is 9.10. The Hall–Kier alpha value is -1.35. The number of rotatable bonds is 13. The summed E-state index contributed by atoms with van der Waals surface area (Å²) in [5.41, 5.74) is 0. The number of allylic oxidation sites excluding steroid dienone is 6.